The van der Waals surface area contributed by atoms with Crippen molar-refractivity contribution in [3.05, 3.63) is 53.6 Å². The van der Waals surface area contributed by atoms with Crippen LogP contribution in [0.15, 0.2) is 36.5 Å². The molecule has 4 aromatic rings. The summed E-state index contributed by atoms with van der Waals surface area (Å²) in [5.41, 5.74) is 4.24. The molecule has 0 spiro atoms. The minimum atomic E-state index is 0.478. The number of hydrogen-bond acceptors (Lipinski definition) is 7. The Balaban J connectivity index is 1.73. The summed E-state index contributed by atoms with van der Waals surface area (Å²) in [5, 5.41) is 15.9. The van der Waals surface area contributed by atoms with E-state index in [1.54, 1.807) is 16.8 Å². The van der Waals surface area contributed by atoms with E-state index < -0.39 is 0 Å². The minimum Gasteiger partial charge on any atom is -0.324 e. The fourth-order valence-corrected chi connectivity index (χ4v) is 2.60. The van der Waals surface area contributed by atoms with E-state index in [1.165, 1.54) is 0 Å². The molecule has 3 aromatic heterocycles. The fourth-order valence-electron chi connectivity index (χ4n) is 2.60. The normalized spacial score (nSPS) is 11.0. The van der Waals surface area contributed by atoms with Crippen LogP contribution in [0.3, 0.4) is 0 Å². The zero-order valence-electron chi connectivity index (χ0n) is 14.1. The highest BCUT2D eigenvalue weighted by Gasteiger charge is 2.13. The molecule has 0 saturated carbocycles. The van der Waals surface area contributed by atoms with Crippen molar-refractivity contribution in [1.82, 2.24) is 34.8 Å². The predicted octanol–water partition coefficient (Wildman–Crippen LogP) is 2.65. The van der Waals surface area contributed by atoms with E-state index in [0.29, 0.717) is 28.9 Å². The molecule has 1 N–H and O–H groups in total. The molecule has 0 atom stereocenters. The molecule has 25 heavy (non-hydrogen) atoms. The third-order valence-electron chi connectivity index (χ3n) is 3.77. The minimum absolute atomic E-state index is 0.478. The number of nitrogens with zero attached hydrogens (tertiary/aromatic N) is 7. The first-order chi connectivity index (χ1) is 12.1. The number of aromatic nitrogens is 7. The van der Waals surface area contributed by atoms with Crippen LogP contribution in [0.4, 0.5) is 11.6 Å². The molecule has 0 aliphatic rings. The van der Waals surface area contributed by atoms with Crippen molar-refractivity contribution in [3.8, 4) is 11.4 Å². The molecule has 4 rings (SSSR count). The van der Waals surface area contributed by atoms with Crippen LogP contribution in [0.2, 0.25) is 0 Å². The average molecular weight is 332 g/mol. The lowest BCUT2D eigenvalue weighted by molar-refractivity contribution is 0.841. The van der Waals surface area contributed by atoms with Gasteiger partial charge in [-0.15, -0.1) is 15.3 Å². The Kier molecular flexibility index (Phi) is 3.57. The van der Waals surface area contributed by atoms with E-state index in [4.69, 9.17) is 0 Å². The molecule has 0 unspecified atom stereocenters. The molecule has 1 aromatic carbocycles. The molecule has 3 heterocycles. The van der Waals surface area contributed by atoms with Crippen molar-refractivity contribution in [1.29, 1.82) is 0 Å². The number of hydrogen-bond donors (Lipinski definition) is 1. The fraction of sp³-hybridized carbons (Fsp3) is 0.176. The SMILES string of the molecule is Cc1cccc(Nc2nccc(-c3nnc4nc(C)nn4c3C)n2)c1. The second-order valence-electron chi connectivity index (χ2n) is 5.76. The molecule has 8 heteroatoms. The molecule has 124 valence electrons. The van der Waals surface area contributed by atoms with Crippen molar-refractivity contribution in [2.45, 2.75) is 20.8 Å². The van der Waals surface area contributed by atoms with Gasteiger partial charge in [0.15, 0.2) is 0 Å². The average Bonchev–Trinajstić information content (AvgIpc) is 2.97. The molecule has 0 radical (unpaired) electrons. The maximum absolute atomic E-state index is 4.56. The van der Waals surface area contributed by atoms with Crippen LogP contribution >= 0.6 is 0 Å². The van der Waals surface area contributed by atoms with Crippen LogP contribution in [0.5, 0.6) is 0 Å². The summed E-state index contributed by atoms with van der Waals surface area (Å²) in [7, 11) is 0. The van der Waals surface area contributed by atoms with Gasteiger partial charge in [0, 0.05) is 11.9 Å². The predicted molar refractivity (Wildman–Crippen MR) is 93.5 cm³/mol. The zero-order valence-corrected chi connectivity index (χ0v) is 14.1. The van der Waals surface area contributed by atoms with Gasteiger partial charge in [0.05, 0.1) is 11.4 Å². The number of benzene rings is 1. The lowest BCUT2D eigenvalue weighted by Crippen LogP contribution is -2.05. The van der Waals surface area contributed by atoms with Gasteiger partial charge in [-0.3, -0.25) is 0 Å². The van der Waals surface area contributed by atoms with Crippen LogP contribution in [-0.2, 0) is 0 Å². The Morgan fingerprint density at radius 3 is 2.72 bits per heavy atom. The van der Waals surface area contributed by atoms with Crippen LogP contribution in [0.25, 0.3) is 17.2 Å². The molecule has 0 fully saturated rings. The molecular weight excluding hydrogens is 316 g/mol. The van der Waals surface area contributed by atoms with E-state index in [1.807, 2.05) is 45.0 Å². The van der Waals surface area contributed by atoms with Crippen LogP contribution in [0.1, 0.15) is 17.1 Å². The molecule has 0 saturated heterocycles. The van der Waals surface area contributed by atoms with Gasteiger partial charge in [-0.05, 0) is 44.5 Å². The van der Waals surface area contributed by atoms with E-state index in [-0.39, 0.29) is 0 Å². The van der Waals surface area contributed by atoms with Gasteiger partial charge in [-0.2, -0.15) is 9.50 Å². The standard InChI is InChI=1S/C17H16N8/c1-10-5-4-6-13(9-10)20-16-18-8-7-14(21-16)15-11(2)25-17(23-22-15)19-12(3)24-25/h4-9H,1-3H3,(H,18,20,21). The summed E-state index contributed by atoms with van der Waals surface area (Å²) in [4.78, 5) is 13.1. The van der Waals surface area contributed by atoms with Crippen molar-refractivity contribution < 1.29 is 0 Å². The van der Waals surface area contributed by atoms with Gasteiger partial charge in [0.1, 0.15) is 11.5 Å². The highest BCUT2D eigenvalue weighted by molar-refractivity contribution is 5.61. The number of aryl methyl sites for hydroxylation is 3. The van der Waals surface area contributed by atoms with Crippen LogP contribution < -0.4 is 5.32 Å². The quantitative estimate of drug-likeness (QED) is 0.616. The third kappa shape index (κ3) is 2.89. The van der Waals surface area contributed by atoms with Crippen molar-refractivity contribution >= 4 is 17.4 Å². The van der Waals surface area contributed by atoms with Gasteiger partial charge in [-0.1, -0.05) is 12.1 Å². The summed E-state index contributed by atoms with van der Waals surface area (Å²) in [6.45, 7) is 5.78. The molecule has 8 nitrogen and oxygen atoms in total. The second kappa shape index (κ2) is 5.90. The van der Waals surface area contributed by atoms with Crippen molar-refractivity contribution in [2.24, 2.45) is 0 Å². The zero-order chi connectivity index (χ0) is 17.4. The van der Waals surface area contributed by atoms with Gasteiger partial charge in [0.2, 0.25) is 5.95 Å². The summed E-state index contributed by atoms with van der Waals surface area (Å²) < 4.78 is 1.67. The Hall–Kier alpha value is -3.42. The van der Waals surface area contributed by atoms with Crippen LogP contribution in [-0.4, -0.2) is 34.8 Å². The highest BCUT2D eigenvalue weighted by atomic mass is 15.4. The number of rotatable bonds is 3. The van der Waals surface area contributed by atoms with E-state index in [2.05, 4.69) is 35.6 Å². The topological polar surface area (TPSA) is 93.8 Å². The first-order valence-corrected chi connectivity index (χ1v) is 7.84. The van der Waals surface area contributed by atoms with Crippen LogP contribution in [0, 0.1) is 20.8 Å². The third-order valence-corrected chi connectivity index (χ3v) is 3.77. The molecule has 0 amide bonds. The van der Waals surface area contributed by atoms with Gasteiger partial charge in [-0.25, -0.2) is 9.97 Å². The monoisotopic (exact) mass is 332 g/mol. The molecule has 0 aliphatic heterocycles. The van der Waals surface area contributed by atoms with E-state index in [0.717, 1.165) is 16.9 Å². The Bertz CT molecular complexity index is 1070. The lowest BCUT2D eigenvalue weighted by atomic mass is 10.2. The lowest BCUT2D eigenvalue weighted by Gasteiger charge is -2.08. The van der Waals surface area contributed by atoms with Crippen molar-refractivity contribution in [2.75, 3.05) is 5.32 Å². The Morgan fingerprint density at radius 1 is 1.00 bits per heavy atom. The summed E-state index contributed by atoms with van der Waals surface area (Å²) in [6, 6.07) is 9.83. The maximum Gasteiger partial charge on any atom is 0.272 e. The maximum atomic E-state index is 4.56. The summed E-state index contributed by atoms with van der Waals surface area (Å²) in [6.07, 6.45) is 1.69. The second-order valence-corrected chi connectivity index (χ2v) is 5.76. The molecule has 0 bridgehead atoms. The van der Waals surface area contributed by atoms with Gasteiger partial charge >= 0.3 is 0 Å². The van der Waals surface area contributed by atoms with Crippen molar-refractivity contribution in [3.63, 3.8) is 0 Å². The number of nitrogens with one attached hydrogen (secondary N) is 1. The van der Waals surface area contributed by atoms with Gasteiger partial charge < -0.3 is 5.32 Å². The van der Waals surface area contributed by atoms with Gasteiger partial charge in [0.25, 0.3) is 5.78 Å². The smallest absolute Gasteiger partial charge is 0.272 e. The number of anilines is 2. The molecular formula is C17H16N8. The number of fused-ring (bicyclic) bond motifs is 1. The molecule has 0 aliphatic carbocycles. The van der Waals surface area contributed by atoms with E-state index in [9.17, 15) is 0 Å². The Morgan fingerprint density at radius 2 is 1.88 bits per heavy atom. The van der Waals surface area contributed by atoms with E-state index >= 15 is 0 Å². The first kappa shape index (κ1) is 15.1. The summed E-state index contributed by atoms with van der Waals surface area (Å²) >= 11 is 0. The summed E-state index contributed by atoms with van der Waals surface area (Å²) in [5.74, 6) is 1.63. The highest BCUT2D eigenvalue weighted by Crippen LogP contribution is 2.21. The Labute approximate surface area is 144 Å². The largest absolute Gasteiger partial charge is 0.324 e. The first-order valence-electron chi connectivity index (χ1n) is 7.84.